The Morgan fingerprint density at radius 3 is 2.42 bits per heavy atom. The first kappa shape index (κ1) is 17.1. The normalized spacial score (nSPS) is 11.6. The highest BCUT2D eigenvalue weighted by atomic mass is 35.6. The quantitative estimate of drug-likeness (QED) is 0.435. The average molecular weight is 345 g/mol. The zero-order valence-electron chi connectivity index (χ0n) is 10.4. The summed E-state index contributed by atoms with van der Waals surface area (Å²) in [4.78, 5) is 4.14. The van der Waals surface area contributed by atoms with Gasteiger partial charge in [-0.05, 0) is 31.5 Å². The van der Waals surface area contributed by atoms with Crippen molar-refractivity contribution in [2.24, 2.45) is 5.73 Å². The van der Waals surface area contributed by atoms with Crippen LogP contribution in [0.5, 0.6) is 0 Å². The molecule has 3 nitrogen and oxygen atoms in total. The lowest BCUT2D eigenvalue weighted by atomic mass is 10.2. The number of aromatic nitrogens is 1. The largest absolute Gasteiger partial charge is 0.370 e. The van der Waals surface area contributed by atoms with Gasteiger partial charge < -0.3 is 11.1 Å². The highest BCUT2D eigenvalue weighted by Crippen LogP contribution is 2.39. The second kappa shape index (κ2) is 8.38. The SMILES string of the molecule is NCCCCCCNc1cc(C(Cl)(Cl)Cl)cc(Cl)n1. The molecule has 0 atom stereocenters. The molecule has 0 radical (unpaired) electrons. The maximum Gasteiger partial charge on any atom is 0.216 e. The number of alkyl halides is 3. The predicted molar refractivity (Wildman–Crippen MR) is 84.5 cm³/mol. The van der Waals surface area contributed by atoms with E-state index in [0.29, 0.717) is 16.5 Å². The lowest BCUT2D eigenvalue weighted by Crippen LogP contribution is -2.07. The van der Waals surface area contributed by atoms with Crippen LogP contribution >= 0.6 is 46.4 Å². The van der Waals surface area contributed by atoms with Crippen molar-refractivity contribution in [2.45, 2.75) is 29.5 Å². The van der Waals surface area contributed by atoms with Crippen molar-refractivity contribution in [3.8, 4) is 0 Å². The van der Waals surface area contributed by atoms with Crippen molar-refractivity contribution in [1.29, 1.82) is 0 Å². The monoisotopic (exact) mass is 343 g/mol. The Bertz CT molecular complexity index is 393. The van der Waals surface area contributed by atoms with Crippen LogP contribution in [0, 0.1) is 0 Å². The van der Waals surface area contributed by atoms with E-state index in [1.54, 1.807) is 12.1 Å². The van der Waals surface area contributed by atoms with Gasteiger partial charge in [0.2, 0.25) is 3.79 Å². The van der Waals surface area contributed by atoms with Crippen molar-refractivity contribution in [1.82, 2.24) is 4.98 Å². The van der Waals surface area contributed by atoms with Gasteiger partial charge in [-0.25, -0.2) is 4.98 Å². The Labute approximate surface area is 133 Å². The van der Waals surface area contributed by atoms with Crippen LogP contribution in [0.25, 0.3) is 0 Å². The van der Waals surface area contributed by atoms with Crippen molar-refractivity contribution in [3.05, 3.63) is 22.8 Å². The summed E-state index contributed by atoms with van der Waals surface area (Å²) in [5, 5.41) is 3.47. The lowest BCUT2D eigenvalue weighted by molar-refractivity contribution is 0.661. The summed E-state index contributed by atoms with van der Waals surface area (Å²) in [6.45, 7) is 1.55. The molecule has 0 fully saturated rings. The van der Waals surface area contributed by atoms with E-state index < -0.39 is 3.79 Å². The van der Waals surface area contributed by atoms with Crippen molar-refractivity contribution < 1.29 is 0 Å². The maximum atomic E-state index is 5.90. The van der Waals surface area contributed by atoms with Gasteiger partial charge in [0.1, 0.15) is 11.0 Å². The van der Waals surface area contributed by atoms with Gasteiger partial charge in [-0.1, -0.05) is 59.2 Å². The molecule has 0 aliphatic carbocycles. The highest BCUT2D eigenvalue weighted by Gasteiger charge is 2.24. The van der Waals surface area contributed by atoms with Gasteiger partial charge in [0, 0.05) is 12.1 Å². The van der Waals surface area contributed by atoms with Crippen LogP contribution in [0.3, 0.4) is 0 Å². The molecule has 0 aliphatic heterocycles. The molecule has 1 heterocycles. The summed E-state index contributed by atoms with van der Waals surface area (Å²) in [5.74, 6) is 0.618. The molecule has 108 valence electrons. The Hall–Kier alpha value is 0.0700. The van der Waals surface area contributed by atoms with Crippen LogP contribution in [0.15, 0.2) is 12.1 Å². The first-order valence-corrected chi connectivity index (χ1v) is 7.63. The lowest BCUT2D eigenvalue weighted by Gasteiger charge is -2.13. The van der Waals surface area contributed by atoms with Crippen LogP contribution in [-0.2, 0) is 3.79 Å². The van der Waals surface area contributed by atoms with Gasteiger partial charge in [-0.3, -0.25) is 0 Å². The third-order valence-electron chi connectivity index (χ3n) is 2.56. The molecule has 0 amide bonds. The molecule has 0 aliphatic rings. The number of anilines is 1. The first-order valence-electron chi connectivity index (χ1n) is 6.12. The number of hydrogen-bond acceptors (Lipinski definition) is 3. The highest BCUT2D eigenvalue weighted by molar-refractivity contribution is 6.66. The van der Waals surface area contributed by atoms with Gasteiger partial charge in [-0.2, -0.15) is 0 Å². The molecule has 3 N–H and O–H groups in total. The van der Waals surface area contributed by atoms with Gasteiger partial charge >= 0.3 is 0 Å². The maximum absolute atomic E-state index is 5.90. The number of nitrogens with two attached hydrogens (primary N) is 1. The minimum atomic E-state index is -1.50. The molecule has 1 aromatic rings. The van der Waals surface area contributed by atoms with E-state index in [0.717, 1.165) is 38.8 Å². The molecule has 1 rings (SSSR count). The number of unbranched alkanes of at least 4 members (excludes halogenated alkanes) is 3. The second-order valence-corrected chi connectivity index (χ2v) is 6.86. The molecule has 0 spiro atoms. The molecule has 7 heteroatoms. The topological polar surface area (TPSA) is 50.9 Å². The number of pyridine rings is 1. The third-order valence-corrected chi connectivity index (χ3v) is 3.41. The molecule has 1 aromatic heterocycles. The molecule has 0 unspecified atom stereocenters. The number of halogens is 4. The molecule has 0 bridgehead atoms. The van der Waals surface area contributed by atoms with Crippen molar-refractivity contribution >= 4 is 52.2 Å². The Balaban J connectivity index is 2.48. The van der Waals surface area contributed by atoms with Crippen LogP contribution in [0.1, 0.15) is 31.2 Å². The smallest absolute Gasteiger partial charge is 0.216 e. The molecule has 0 saturated carbocycles. The number of hydrogen-bond donors (Lipinski definition) is 2. The molecule has 19 heavy (non-hydrogen) atoms. The van der Waals surface area contributed by atoms with E-state index in [-0.39, 0.29) is 0 Å². The Morgan fingerprint density at radius 2 is 1.79 bits per heavy atom. The van der Waals surface area contributed by atoms with E-state index in [4.69, 9.17) is 52.1 Å². The van der Waals surface area contributed by atoms with Crippen LogP contribution < -0.4 is 11.1 Å². The van der Waals surface area contributed by atoms with Crippen molar-refractivity contribution in [3.63, 3.8) is 0 Å². The minimum absolute atomic E-state index is 0.300. The summed E-state index contributed by atoms with van der Waals surface area (Å²) < 4.78 is -1.50. The fourth-order valence-corrected chi connectivity index (χ4v) is 2.13. The molecular formula is C12H17Cl4N3. The van der Waals surface area contributed by atoms with Crippen LogP contribution in [0.4, 0.5) is 5.82 Å². The summed E-state index contributed by atoms with van der Waals surface area (Å²) >= 11 is 23.4. The molecule has 0 aromatic carbocycles. The summed E-state index contributed by atoms with van der Waals surface area (Å²) in [6.07, 6.45) is 4.37. The second-order valence-electron chi connectivity index (χ2n) is 4.19. The van der Waals surface area contributed by atoms with Gasteiger partial charge in [0.15, 0.2) is 0 Å². The molecular weight excluding hydrogens is 328 g/mol. The van der Waals surface area contributed by atoms with Crippen LogP contribution in [0.2, 0.25) is 5.15 Å². The molecule has 0 saturated heterocycles. The third kappa shape index (κ3) is 6.87. The predicted octanol–water partition coefficient (Wildman–Crippen LogP) is 4.49. The number of nitrogens with zero attached hydrogens (tertiary/aromatic N) is 1. The Kier molecular flexibility index (Phi) is 7.55. The zero-order chi connectivity index (χ0) is 14.3. The summed E-state index contributed by atoms with van der Waals surface area (Å²) in [5.41, 5.74) is 5.93. The fraction of sp³-hybridized carbons (Fsp3) is 0.583. The van der Waals surface area contributed by atoms with Crippen LogP contribution in [-0.4, -0.2) is 18.1 Å². The van der Waals surface area contributed by atoms with E-state index >= 15 is 0 Å². The average Bonchev–Trinajstić information content (AvgIpc) is 2.32. The van der Waals surface area contributed by atoms with E-state index in [1.165, 1.54) is 0 Å². The number of nitrogens with one attached hydrogen (secondary N) is 1. The zero-order valence-corrected chi connectivity index (χ0v) is 13.5. The standard InChI is InChI=1S/C12H17Cl4N3/c13-10-7-9(12(14,15)16)8-11(19-10)18-6-4-2-1-3-5-17/h7-8H,1-6,17H2,(H,18,19). The van der Waals surface area contributed by atoms with Gasteiger partial charge in [-0.15, -0.1) is 0 Å². The first-order chi connectivity index (χ1) is 8.93. The van der Waals surface area contributed by atoms with E-state index in [1.807, 2.05) is 0 Å². The Morgan fingerprint density at radius 1 is 1.11 bits per heavy atom. The van der Waals surface area contributed by atoms with E-state index in [2.05, 4.69) is 10.3 Å². The summed E-state index contributed by atoms with van der Waals surface area (Å²) in [7, 11) is 0. The summed E-state index contributed by atoms with van der Waals surface area (Å²) in [6, 6.07) is 3.24. The minimum Gasteiger partial charge on any atom is -0.370 e. The van der Waals surface area contributed by atoms with E-state index in [9.17, 15) is 0 Å². The fourth-order valence-electron chi connectivity index (χ4n) is 1.59. The van der Waals surface area contributed by atoms with Crippen molar-refractivity contribution in [2.75, 3.05) is 18.4 Å². The number of rotatable bonds is 7. The van der Waals surface area contributed by atoms with Gasteiger partial charge in [0.05, 0.1) is 0 Å². The van der Waals surface area contributed by atoms with Gasteiger partial charge in [0.25, 0.3) is 0 Å².